The van der Waals surface area contributed by atoms with E-state index in [4.69, 9.17) is 4.42 Å². The molecule has 0 radical (unpaired) electrons. The molecule has 0 unspecified atom stereocenters. The Morgan fingerprint density at radius 3 is 2.79 bits per heavy atom. The van der Waals surface area contributed by atoms with Crippen LogP contribution in [0.4, 0.5) is 0 Å². The third-order valence-electron chi connectivity index (χ3n) is 5.56. The van der Waals surface area contributed by atoms with E-state index in [1.54, 1.807) is 6.26 Å². The lowest BCUT2D eigenvalue weighted by Gasteiger charge is -2.36. The molecule has 0 N–H and O–H groups in total. The molecule has 0 saturated carbocycles. The molecule has 24 heavy (non-hydrogen) atoms. The number of rotatable bonds is 4. The van der Waals surface area contributed by atoms with Crippen LogP contribution in [0.15, 0.2) is 34.9 Å². The molecule has 2 aromatic rings. The fourth-order valence-electron chi connectivity index (χ4n) is 4.17. The fraction of sp³-hybridized carbons (Fsp3) is 0.550. The molecule has 1 atom stereocenters. The number of hydrogen-bond donors (Lipinski definition) is 0. The van der Waals surface area contributed by atoms with Crippen LogP contribution in [-0.2, 0) is 0 Å². The summed E-state index contributed by atoms with van der Waals surface area (Å²) in [6.07, 6.45) is 8.97. The summed E-state index contributed by atoms with van der Waals surface area (Å²) < 4.78 is 5.38. The predicted molar refractivity (Wildman–Crippen MR) is 95.2 cm³/mol. The molecule has 2 fully saturated rings. The molecule has 4 nitrogen and oxygen atoms in total. The molecule has 0 bridgehead atoms. The maximum atomic E-state index is 13.1. The molecular formula is C20H26N2O2. The van der Waals surface area contributed by atoms with E-state index in [1.807, 2.05) is 24.3 Å². The van der Waals surface area contributed by atoms with Crippen molar-refractivity contribution in [2.45, 2.75) is 44.6 Å². The van der Waals surface area contributed by atoms with E-state index in [9.17, 15) is 4.79 Å². The van der Waals surface area contributed by atoms with Gasteiger partial charge in [-0.2, -0.15) is 0 Å². The third kappa shape index (κ3) is 3.20. The van der Waals surface area contributed by atoms with Gasteiger partial charge in [0.05, 0.1) is 6.26 Å². The van der Waals surface area contributed by atoms with Gasteiger partial charge in [-0.3, -0.25) is 4.79 Å². The Hall–Kier alpha value is -1.81. The molecule has 0 spiro atoms. The minimum atomic E-state index is 0.184. The van der Waals surface area contributed by atoms with E-state index in [-0.39, 0.29) is 5.91 Å². The first-order chi connectivity index (χ1) is 11.8. The third-order valence-corrected chi connectivity index (χ3v) is 5.56. The first-order valence-electron chi connectivity index (χ1n) is 9.32. The Balaban J connectivity index is 1.47. The lowest BCUT2D eigenvalue weighted by atomic mass is 9.97. The number of fused-ring (bicyclic) bond motifs is 1. The summed E-state index contributed by atoms with van der Waals surface area (Å²) in [4.78, 5) is 17.7. The number of piperidine rings is 1. The van der Waals surface area contributed by atoms with Gasteiger partial charge >= 0.3 is 0 Å². The Labute approximate surface area is 143 Å². The van der Waals surface area contributed by atoms with Crippen molar-refractivity contribution < 1.29 is 9.21 Å². The minimum Gasteiger partial charge on any atom is -0.464 e. The number of hydrogen-bond acceptors (Lipinski definition) is 3. The van der Waals surface area contributed by atoms with Crippen molar-refractivity contribution in [2.24, 2.45) is 0 Å². The standard InChI is InChI=1S/C20H26N2O2/c23-20(17-6-7-19-16(15-17)9-14-24-19)22-12-2-1-5-18(22)8-13-21-10-3-4-11-21/h6-7,9,14-15,18H,1-5,8,10-13H2/t18-/m1/s1. The SMILES string of the molecule is O=C(c1ccc2occc2c1)N1CCCC[C@@H]1CCN1CCCC1. The van der Waals surface area contributed by atoms with Crippen LogP contribution < -0.4 is 0 Å². The Morgan fingerprint density at radius 1 is 1.08 bits per heavy atom. The lowest BCUT2D eigenvalue weighted by molar-refractivity contribution is 0.0588. The molecule has 3 heterocycles. The van der Waals surface area contributed by atoms with Crippen molar-refractivity contribution in [1.82, 2.24) is 9.80 Å². The quantitative estimate of drug-likeness (QED) is 0.854. The van der Waals surface area contributed by atoms with Crippen molar-refractivity contribution >= 4 is 16.9 Å². The monoisotopic (exact) mass is 326 g/mol. The zero-order valence-electron chi connectivity index (χ0n) is 14.2. The zero-order valence-corrected chi connectivity index (χ0v) is 14.2. The molecule has 4 heteroatoms. The van der Waals surface area contributed by atoms with Gasteiger partial charge in [0.25, 0.3) is 5.91 Å². The summed E-state index contributed by atoms with van der Waals surface area (Å²) in [5, 5.41) is 1.01. The number of likely N-dealkylation sites (tertiary alicyclic amines) is 2. The number of nitrogens with zero attached hydrogens (tertiary/aromatic N) is 2. The van der Waals surface area contributed by atoms with Gasteiger partial charge in [-0.25, -0.2) is 0 Å². The van der Waals surface area contributed by atoms with Gasteiger partial charge in [-0.15, -0.1) is 0 Å². The fourth-order valence-corrected chi connectivity index (χ4v) is 4.17. The zero-order chi connectivity index (χ0) is 16.4. The highest BCUT2D eigenvalue weighted by atomic mass is 16.3. The molecule has 1 aromatic carbocycles. The summed E-state index contributed by atoms with van der Waals surface area (Å²) in [5.74, 6) is 0.184. The van der Waals surface area contributed by atoms with Gasteiger partial charge in [0.15, 0.2) is 0 Å². The molecular weight excluding hydrogens is 300 g/mol. The van der Waals surface area contributed by atoms with Crippen LogP contribution in [0.25, 0.3) is 11.0 Å². The van der Waals surface area contributed by atoms with Crippen LogP contribution in [0.2, 0.25) is 0 Å². The summed E-state index contributed by atoms with van der Waals surface area (Å²) in [7, 11) is 0. The molecule has 4 rings (SSSR count). The molecule has 0 aliphatic carbocycles. The number of carbonyl (C=O) groups excluding carboxylic acids is 1. The van der Waals surface area contributed by atoms with Crippen molar-refractivity contribution in [2.75, 3.05) is 26.2 Å². The van der Waals surface area contributed by atoms with E-state index in [0.29, 0.717) is 6.04 Å². The van der Waals surface area contributed by atoms with Gasteiger partial charge in [0.1, 0.15) is 5.58 Å². The second-order valence-electron chi connectivity index (χ2n) is 7.16. The number of benzene rings is 1. The average Bonchev–Trinajstić information content (AvgIpc) is 3.30. The second kappa shape index (κ2) is 6.98. The van der Waals surface area contributed by atoms with Crippen LogP contribution in [0, 0.1) is 0 Å². The van der Waals surface area contributed by atoms with Crippen LogP contribution in [-0.4, -0.2) is 47.9 Å². The number of carbonyl (C=O) groups is 1. The van der Waals surface area contributed by atoms with Crippen LogP contribution in [0.1, 0.15) is 48.9 Å². The molecule has 1 aromatic heterocycles. The van der Waals surface area contributed by atoms with Crippen molar-refractivity contribution in [1.29, 1.82) is 0 Å². The van der Waals surface area contributed by atoms with E-state index in [2.05, 4.69) is 9.80 Å². The summed E-state index contributed by atoms with van der Waals surface area (Å²) >= 11 is 0. The van der Waals surface area contributed by atoms with Gasteiger partial charge in [0.2, 0.25) is 0 Å². The highest BCUT2D eigenvalue weighted by molar-refractivity contribution is 5.98. The highest BCUT2D eigenvalue weighted by Crippen LogP contribution is 2.25. The van der Waals surface area contributed by atoms with Crippen molar-refractivity contribution in [3.63, 3.8) is 0 Å². The van der Waals surface area contributed by atoms with E-state index in [1.165, 1.54) is 32.4 Å². The number of furan rings is 1. The van der Waals surface area contributed by atoms with Crippen molar-refractivity contribution in [3.05, 3.63) is 36.1 Å². The smallest absolute Gasteiger partial charge is 0.254 e. The molecule has 1 amide bonds. The topological polar surface area (TPSA) is 36.7 Å². The molecule has 2 aliphatic heterocycles. The molecule has 2 saturated heterocycles. The largest absolute Gasteiger partial charge is 0.464 e. The van der Waals surface area contributed by atoms with Gasteiger partial charge in [0, 0.05) is 30.1 Å². The van der Waals surface area contributed by atoms with Gasteiger partial charge in [-0.05, 0) is 75.9 Å². The van der Waals surface area contributed by atoms with Crippen molar-refractivity contribution in [3.8, 4) is 0 Å². The van der Waals surface area contributed by atoms with E-state index < -0.39 is 0 Å². The first-order valence-corrected chi connectivity index (χ1v) is 9.32. The maximum Gasteiger partial charge on any atom is 0.254 e. The van der Waals surface area contributed by atoms with E-state index >= 15 is 0 Å². The Bertz CT molecular complexity index is 702. The maximum absolute atomic E-state index is 13.1. The Morgan fingerprint density at radius 2 is 1.92 bits per heavy atom. The Kier molecular flexibility index (Phi) is 4.56. The van der Waals surface area contributed by atoms with Crippen LogP contribution >= 0.6 is 0 Å². The predicted octanol–water partition coefficient (Wildman–Crippen LogP) is 3.91. The highest BCUT2D eigenvalue weighted by Gasteiger charge is 2.28. The second-order valence-corrected chi connectivity index (χ2v) is 7.16. The average molecular weight is 326 g/mol. The lowest BCUT2D eigenvalue weighted by Crippen LogP contribution is -2.45. The number of amides is 1. The van der Waals surface area contributed by atoms with Gasteiger partial charge < -0.3 is 14.2 Å². The summed E-state index contributed by atoms with van der Waals surface area (Å²) in [6.45, 7) is 4.50. The molecule has 2 aliphatic rings. The van der Waals surface area contributed by atoms with Gasteiger partial charge in [-0.1, -0.05) is 0 Å². The minimum absolute atomic E-state index is 0.184. The summed E-state index contributed by atoms with van der Waals surface area (Å²) in [6, 6.07) is 8.10. The normalized spacial score (nSPS) is 22.3. The van der Waals surface area contributed by atoms with E-state index in [0.717, 1.165) is 48.9 Å². The van der Waals surface area contributed by atoms with Crippen LogP contribution in [0.3, 0.4) is 0 Å². The summed E-state index contributed by atoms with van der Waals surface area (Å²) in [5.41, 5.74) is 1.63. The van der Waals surface area contributed by atoms with Crippen LogP contribution in [0.5, 0.6) is 0 Å². The molecule has 128 valence electrons. The first kappa shape index (κ1) is 15.7.